The maximum Gasteiger partial charge on any atom is 0.253 e. The smallest absolute Gasteiger partial charge is 0.253 e. The van der Waals surface area contributed by atoms with Crippen molar-refractivity contribution in [3.8, 4) is 5.75 Å². The van der Waals surface area contributed by atoms with Crippen molar-refractivity contribution >= 4 is 11.7 Å². The summed E-state index contributed by atoms with van der Waals surface area (Å²) in [7, 11) is 5.43. The SMILES string of the molecule is COc1ccccc1CNC(=O)c1ccc(N(C)C)nc1. The Bertz CT molecular complexity index is 609. The van der Waals surface area contributed by atoms with Crippen LogP contribution in [0, 0.1) is 0 Å². The number of carbonyl (C=O) groups is 1. The van der Waals surface area contributed by atoms with E-state index in [0.717, 1.165) is 17.1 Å². The van der Waals surface area contributed by atoms with E-state index in [0.29, 0.717) is 12.1 Å². The molecule has 0 radical (unpaired) electrons. The van der Waals surface area contributed by atoms with Crippen molar-refractivity contribution < 1.29 is 9.53 Å². The first-order chi connectivity index (χ1) is 10.1. The molecular weight excluding hydrogens is 266 g/mol. The van der Waals surface area contributed by atoms with Crippen LogP contribution in [0.15, 0.2) is 42.6 Å². The largest absolute Gasteiger partial charge is 0.496 e. The molecule has 0 aliphatic rings. The van der Waals surface area contributed by atoms with Crippen LogP contribution in [0.25, 0.3) is 0 Å². The molecule has 21 heavy (non-hydrogen) atoms. The second-order valence-corrected chi connectivity index (χ2v) is 4.79. The van der Waals surface area contributed by atoms with E-state index in [1.54, 1.807) is 19.4 Å². The van der Waals surface area contributed by atoms with Crippen molar-refractivity contribution in [2.45, 2.75) is 6.54 Å². The number of rotatable bonds is 5. The molecule has 5 heteroatoms. The van der Waals surface area contributed by atoms with E-state index in [2.05, 4.69) is 10.3 Å². The highest BCUT2D eigenvalue weighted by Gasteiger charge is 2.08. The maximum atomic E-state index is 12.1. The normalized spacial score (nSPS) is 10.0. The van der Waals surface area contributed by atoms with Crippen LogP contribution in [-0.2, 0) is 6.54 Å². The van der Waals surface area contributed by atoms with Gasteiger partial charge in [0.1, 0.15) is 11.6 Å². The van der Waals surface area contributed by atoms with Gasteiger partial charge in [0, 0.05) is 32.4 Å². The van der Waals surface area contributed by atoms with Gasteiger partial charge in [-0.25, -0.2) is 4.98 Å². The lowest BCUT2D eigenvalue weighted by atomic mass is 10.2. The lowest BCUT2D eigenvalue weighted by Gasteiger charge is -2.12. The van der Waals surface area contributed by atoms with Crippen molar-refractivity contribution in [2.75, 3.05) is 26.1 Å². The van der Waals surface area contributed by atoms with E-state index in [1.165, 1.54) is 0 Å². The molecule has 0 aliphatic carbocycles. The number of aromatic nitrogens is 1. The number of ether oxygens (including phenoxy) is 1. The van der Waals surface area contributed by atoms with E-state index in [9.17, 15) is 4.79 Å². The summed E-state index contributed by atoms with van der Waals surface area (Å²) in [6.45, 7) is 0.415. The third-order valence-electron chi connectivity index (χ3n) is 3.10. The zero-order valence-electron chi connectivity index (χ0n) is 12.5. The zero-order chi connectivity index (χ0) is 15.2. The molecule has 0 aliphatic heterocycles. The Balaban J connectivity index is 2.01. The second-order valence-electron chi connectivity index (χ2n) is 4.79. The minimum Gasteiger partial charge on any atom is -0.496 e. The summed E-state index contributed by atoms with van der Waals surface area (Å²) in [5.41, 5.74) is 1.47. The third-order valence-corrected chi connectivity index (χ3v) is 3.10. The fraction of sp³-hybridized carbons (Fsp3) is 0.250. The van der Waals surface area contributed by atoms with Crippen LogP contribution in [0.5, 0.6) is 5.75 Å². The lowest BCUT2D eigenvalue weighted by molar-refractivity contribution is 0.0950. The Morgan fingerprint density at radius 2 is 2.00 bits per heavy atom. The van der Waals surface area contributed by atoms with Crippen molar-refractivity contribution in [1.29, 1.82) is 0 Å². The highest BCUT2D eigenvalue weighted by atomic mass is 16.5. The predicted octanol–water partition coefficient (Wildman–Crippen LogP) is 2.09. The zero-order valence-corrected chi connectivity index (χ0v) is 12.5. The Hall–Kier alpha value is -2.56. The molecule has 0 atom stereocenters. The van der Waals surface area contributed by atoms with Crippen molar-refractivity contribution in [3.63, 3.8) is 0 Å². The van der Waals surface area contributed by atoms with Gasteiger partial charge < -0.3 is 15.0 Å². The van der Waals surface area contributed by atoms with Crippen molar-refractivity contribution in [2.24, 2.45) is 0 Å². The quantitative estimate of drug-likeness (QED) is 0.914. The summed E-state index contributed by atoms with van der Waals surface area (Å²) < 4.78 is 5.26. The Labute approximate surface area is 124 Å². The van der Waals surface area contributed by atoms with Crippen LogP contribution >= 0.6 is 0 Å². The molecule has 1 heterocycles. The molecule has 110 valence electrons. The standard InChI is InChI=1S/C16H19N3O2/c1-19(2)15-9-8-13(11-17-15)16(20)18-10-12-6-4-5-7-14(12)21-3/h4-9,11H,10H2,1-3H3,(H,18,20). The molecule has 0 saturated heterocycles. The van der Waals surface area contributed by atoms with Crippen LogP contribution in [-0.4, -0.2) is 32.1 Å². The number of nitrogens with one attached hydrogen (secondary N) is 1. The predicted molar refractivity (Wildman–Crippen MR) is 82.7 cm³/mol. The molecule has 0 bridgehead atoms. The van der Waals surface area contributed by atoms with Gasteiger partial charge in [-0.3, -0.25) is 4.79 Å². The molecule has 0 spiro atoms. The van der Waals surface area contributed by atoms with Gasteiger partial charge in [0.05, 0.1) is 12.7 Å². The first-order valence-corrected chi connectivity index (χ1v) is 6.65. The van der Waals surface area contributed by atoms with Crippen LogP contribution in [0.1, 0.15) is 15.9 Å². The van der Waals surface area contributed by atoms with Gasteiger partial charge in [-0.05, 0) is 18.2 Å². The number of nitrogens with zero attached hydrogens (tertiary/aromatic N) is 2. The first-order valence-electron chi connectivity index (χ1n) is 6.65. The molecule has 2 aromatic rings. The monoisotopic (exact) mass is 285 g/mol. The van der Waals surface area contributed by atoms with Gasteiger partial charge in [-0.1, -0.05) is 18.2 Å². The molecule has 0 unspecified atom stereocenters. The van der Waals surface area contributed by atoms with Gasteiger partial charge in [0.2, 0.25) is 0 Å². The van der Waals surface area contributed by atoms with Gasteiger partial charge in [-0.2, -0.15) is 0 Å². The number of para-hydroxylation sites is 1. The molecule has 1 aromatic carbocycles. The molecule has 1 N–H and O–H groups in total. The summed E-state index contributed by atoms with van der Waals surface area (Å²) in [4.78, 5) is 18.2. The Kier molecular flexibility index (Phi) is 4.77. The van der Waals surface area contributed by atoms with Crippen molar-refractivity contribution in [1.82, 2.24) is 10.3 Å². The molecule has 5 nitrogen and oxygen atoms in total. The molecule has 1 amide bonds. The van der Waals surface area contributed by atoms with Crippen LogP contribution in [0.2, 0.25) is 0 Å². The number of hydrogen-bond donors (Lipinski definition) is 1. The summed E-state index contributed by atoms with van der Waals surface area (Å²) >= 11 is 0. The van der Waals surface area contributed by atoms with Gasteiger partial charge in [-0.15, -0.1) is 0 Å². The number of benzene rings is 1. The first kappa shape index (κ1) is 14.8. The number of hydrogen-bond acceptors (Lipinski definition) is 4. The van der Waals surface area contributed by atoms with Crippen LogP contribution < -0.4 is 15.0 Å². The van der Waals surface area contributed by atoms with E-state index in [1.807, 2.05) is 49.3 Å². The van der Waals surface area contributed by atoms with Gasteiger partial charge >= 0.3 is 0 Å². The summed E-state index contributed by atoms with van der Waals surface area (Å²) in [6, 6.07) is 11.2. The minimum atomic E-state index is -0.154. The topological polar surface area (TPSA) is 54.5 Å². The molecule has 1 aromatic heterocycles. The maximum absolute atomic E-state index is 12.1. The van der Waals surface area contributed by atoms with Crippen LogP contribution in [0.3, 0.4) is 0 Å². The fourth-order valence-corrected chi connectivity index (χ4v) is 1.91. The second kappa shape index (κ2) is 6.74. The van der Waals surface area contributed by atoms with E-state index in [4.69, 9.17) is 4.74 Å². The highest BCUT2D eigenvalue weighted by Crippen LogP contribution is 2.17. The van der Waals surface area contributed by atoms with E-state index in [-0.39, 0.29) is 5.91 Å². The van der Waals surface area contributed by atoms with Crippen LogP contribution in [0.4, 0.5) is 5.82 Å². The Morgan fingerprint density at radius 3 is 2.62 bits per heavy atom. The van der Waals surface area contributed by atoms with Crippen molar-refractivity contribution in [3.05, 3.63) is 53.7 Å². The minimum absolute atomic E-state index is 0.154. The molecule has 0 saturated carbocycles. The number of anilines is 1. The highest BCUT2D eigenvalue weighted by molar-refractivity contribution is 5.94. The van der Waals surface area contributed by atoms with Gasteiger partial charge in [0.15, 0.2) is 0 Å². The van der Waals surface area contributed by atoms with E-state index >= 15 is 0 Å². The summed E-state index contributed by atoms with van der Waals surface area (Å²) in [5, 5.41) is 2.87. The van der Waals surface area contributed by atoms with E-state index < -0.39 is 0 Å². The summed E-state index contributed by atoms with van der Waals surface area (Å²) in [5.74, 6) is 1.42. The number of pyridine rings is 1. The third kappa shape index (κ3) is 3.72. The average molecular weight is 285 g/mol. The summed E-state index contributed by atoms with van der Waals surface area (Å²) in [6.07, 6.45) is 1.58. The number of methoxy groups -OCH3 is 1. The fourth-order valence-electron chi connectivity index (χ4n) is 1.91. The van der Waals surface area contributed by atoms with Gasteiger partial charge in [0.25, 0.3) is 5.91 Å². The lowest BCUT2D eigenvalue weighted by Crippen LogP contribution is -2.23. The molecule has 0 fully saturated rings. The molecular formula is C16H19N3O2. The average Bonchev–Trinajstić information content (AvgIpc) is 2.52. The number of amides is 1. The molecule has 2 rings (SSSR count). The number of carbonyl (C=O) groups excluding carboxylic acids is 1. The Morgan fingerprint density at radius 1 is 1.24 bits per heavy atom.